The van der Waals surface area contributed by atoms with Gasteiger partial charge >= 0.3 is 6.18 Å². The lowest BCUT2D eigenvalue weighted by Gasteiger charge is -2.13. The van der Waals surface area contributed by atoms with Gasteiger partial charge in [0.2, 0.25) is 0 Å². The van der Waals surface area contributed by atoms with Gasteiger partial charge in [0.1, 0.15) is 0 Å². The lowest BCUT2D eigenvalue weighted by Crippen LogP contribution is -2.27. The average Bonchev–Trinajstić information content (AvgIpc) is 1.55. The molecule has 7 heteroatoms. The molecule has 0 aromatic carbocycles. The molecule has 0 saturated carbocycles. The summed E-state index contributed by atoms with van der Waals surface area (Å²) in [5, 5.41) is 8.06. The van der Waals surface area contributed by atoms with E-state index in [0.29, 0.717) is 0 Å². The molecule has 0 aliphatic heterocycles. The molecular weight excluding hydrogens is 239 g/mol. The van der Waals surface area contributed by atoms with E-state index in [-0.39, 0.29) is 6.10 Å². The molecule has 0 saturated heterocycles. The zero-order chi connectivity index (χ0) is 10.6. The molecule has 0 unspecified atom stereocenters. The molecule has 12 heavy (non-hydrogen) atoms. The predicted molar refractivity (Wildman–Crippen MR) is 43.7 cm³/mol. The molecule has 0 atom stereocenters. The van der Waals surface area contributed by atoms with E-state index in [0.717, 1.165) is 0 Å². The average molecular weight is 247 g/mol. The molecular formula is C5H8Cl3F3O. The number of aliphatic hydroxyl groups is 1. The van der Waals surface area contributed by atoms with Crippen molar-refractivity contribution in [3.8, 4) is 0 Å². The molecule has 0 aromatic heterocycles. The molecule has 76 valence electrons. The molecule has 0 heterocycles. The molecule has 0 aliphatic carbocycles. The van der Waals surface area contributed by atoms with Crippen molar-refractivity contribution in [3.05, 3.63) is 0 Å². The second kappa shape index (κ2) is 5.37. The van der Waals surface area contributed by atoms with Crippen molar-refractivity contribution in [2.45, 2.75) is 29.9 Å². The number of rotatable bonds is 0. The molecule has 0 aliphatic rings. The summed E-state index contributed by atoms with van der Waals surface area (Å²) >= 11 is 13.2. The first-order chi connectivity index (χ1) is 4.98. The Morgan fingerprint density at radius 3 is 1.17 bits per heavy atom. The minimum Gasteiger partial charge on any atom is -0.394 e. The van der Waals surface area contributed by atoms with Gasteiger partial charge in [-0.15, -0.1) is 0 Å². The standard InChI is InChI=1S/C3H8O.C2Cl3F3/c1-3(2)4;3-1(4,5)2(6,7)8/h3-4H,1-2H3;. The first kappa shape index (κ1) is 15.1. The van der Waals surface area contributed by atoms with Crippen molar-refractivity contribution in [1.29, 1.82) is 0 Å². The Labute approximate surface area is 83.4 Å². The second-order valence-corrected chi connectivity index (χ2v) is 4.37. The Morgan fingerprint density at radius 1 is 1.08 bits per heavy atom. The summed E-state index contributed by atoms with van der Waals surface area (Å²) in [6.45, 7) is 3.44. The Kier molecular flexibility index (Phi) is 6.76. The van der Waals surface area contributed by atoms with Crippen LogP contribution in [0.15, 0.2) is 0 Å². The molecule has 0 aromatic rings. The third kappa shape index (κ3) is 10.6. The third-order valence-electron chi connectivity index (χ3n) is 0.321. The summed E-state index contributed by atoms with van der Waals surface area (Å²) in [4.78, 5) is 0. The van der Waals surface area contributed by atoms with E-state index in [4.69, 9.17) is 5.11 Å². The van der Waals surface area contributed by atoms with E-state index in [9.17, 15) is 13.2 Å². The Bertz CT molecular complexity index is 103. The molecule has 0 amide bonds. The van der Waals surface area contributed by atoms with Crippen LogP contribution in [0.3, 0.4) is 0 Å². The molecule has 0 spiro atoms. The van der Waals surface area contributed by atoms with Crippen LogP contribution in [0.25, 0.3) is 0 Å². The number of hydrogen-bond acceptors (Lipinski definition) is 1. The van der Waals surface area contributed by atoms with Gasteiger partial charge in [-0.05, 0) is 13.8 Å². The maximum atomic E-state index is 11.2. The van der Waals surface area contributed by atoms with Crippen molar-refractivity contribution in [2.24, 2.45) is 0 Å². The van der Waals surface area contributed by atoms with Gasteiger partial charge in [0.15, 0.2) is 0 Å². The summed E-state index contributed by atoms with van der Waals surface area (Å²) in [6, 6.07) is 0. The van der Waals surface area contributed by atoms with Gasteiger partial charge in [-0.25, -0.2) is 0 Å². The van der Waals surface area contributed by atoms with E-state index in [1.807, 2.05) is 0 Å². The zero-order valence-electron chi connectivity index (χ0n) is 6.29. The molecule has 1 nitrogen and oxygen atoms in total. The quantitative estimate of drug-likeness (QED) is 0.651. The van der Waals surface area contributed by atoms with Crippen molar-refractivity contribution in [1.82, 2.24) is 0 Å². The number of alkyl halides is 6. The van der Waals surface area contributed by atoms with Crippen molar-refractivity contribution >= 4 is 34.8 Å². The summed E-state index contributed by atoms with van der Waals surface area (Å²) in [7, 11) is 0. The van der Waals surface area contributed by atoms with Crippen LogP contribution in [0.1, 0.15) is 13.8 Å². The molecule has 1 N–H and O–H groups in total. The van der Waals surface area contributed by atoms with Gasteiger partial charge in [0, 0.05) is 6.10 Å². The first-order valence-corrected chi connectivity index (χ1v) is 3.93. The van der Waals surface area contributed by atoms with Crippen LogP contribution in [0.5, 0.6) is 0 Å². The first-order valence-electron chi connectivity index (χ1n) is 2.80. The monoisotopic (exact) mass is 246 g/mol. The van der Waals surface area contributed by atoms with Gasteiger partial charge in [-0.3, -0.25) is 0 Å². The fraction of sp³-hybridized carbons (Fsp3) is 1.00. The van der Waals surface area contributed by atoms with E-state index in [2.05, 4.69) is 34.8 Å². The lowest BCUT2D eigenvalue weighted by atomic mass is 10.5. The fourth-order valence-corrected chi connectivity index (χ4v) is 0. The van der Waals surface area contributed by atoms with Crippen LogP contribution in [-0.4, -0.2) is 21.2 Å². The fourth-order valence-electron chi connectivity index (χ4n) is 0. The SMILES string of the molecule is CC(C)O.FC(F)(F)C(Cl)(Cl)Cl. The maximum absolute atomic E-state index is 11.2. The van der Waals surface area contributed by atoms with Crippen molar-refractivity contribution < 1.29 is 18.3 Å². The second-order valence-electron chi connectivity index (χ2n) is 2.09. The summed E-state index contributed by atoms with van der Waals surface area (Å²) in [5.74, 6) is 0. The molecule has 0 radical (unpaired) electrons. The molecule has 0 fully saturated rings. The Morgan fingerprint density at radius 2 is 1.17 bits per heavy atom. The summed E-state index contributed by atoms with van der Waals surface area (Å²) in [6.07, 6.45) is -4.93. The Hall–Kier alpha value is 0.620. The third-order valence-corrected chi connectivity index (χ3v) is 0.964. The minimum absolute atomic E-state index is 0.167. The van der Waals surface area contributed by atoms with Gasteiger partial charge in [-0.2, -0.15) is 13.2 Å². The van der Waals surface area contributed by atoms with Crippen LogP contribution >= 0.6 is 34.8 Å². The minimum atomic E-state index is -4.77. The summed E-state index contributed by atoms with van der Waals surface area (Å²) in [5.41, 5.74) is 0. The number of aliphatic hydroxyl groups excluding tert-OH is 1. The highest BCUT2D eigenvalue weighted by molar-refractivity contribution is 6.68. The van der Waals surface area contributed by atoms with Crippen LogP contribution in [0.4, 0.5) is 13.2 Å². The van der Waals surface area contributed by atoms with Crippen molar-refractivity contribution in [2.75, 3.05) is 0 Å². The highest BCUT2D eigenvalue weighted by atomic mass is 35.6. The van der Waals surface area contributed by atoms with Gasteiger partial charge in [0.25, 0.3) is 3.79 Å². The highest BCUT2D eigenvalue weighted by Gasteiger charge is 2.51. The maximum Gasteiger partial charge on any atom is 0.435 e. The van der Waals surface area contributed by atoms with E-state index in [1.165, 1.54) is 0 Å². The van der Waals surface area contributed by atoms with Crippen LogP contribution in [-0.2, 0) is 0 Å². The van der Waals surface area contributed by atoms with E-state index >= 15 is 0 Å². The Balaban J connectivity index is 0. The van der Waals surface area contributed by atoms with Gasteiger partial charge in [-0.1, -0.05) is 34.8 Å². The predicted octanol–water partition coefficient (Wildman–Crippen LogP) is 3.31. The summed E-state index contributed by atoms with van der Waals surface area (Å²) < 4.78 is 30.4. The smallest absolute Gasteiger partial charge is 0.394 e. The van der Waals surface area contributed by atoms with Crippen LogP contribution < -0.4 is 0 Å². The largest absolute Gasteiger partial charge is 0.435 e. The molecule has 0 bridgehead atoms. The van der Waals surface area contributed by atoms with Crippen LogP contribution in [0, 0.1) is 0 Å². The normalized spacial score (nSPS) is 12.5. The zero-order valence-corrected chi connectivity index (χ0v) is 8.56. The number of hydrogen-bond donors (Lipinski definition) is 1. The van der Waals surface area contributed by atoms with Crippen molar-refractivity contribution in [3.63, 3.8) is 0 Å². The number of halogens is 6. The van der Waals surface area contributed by atoms with Gasteiger partial charge < -0.3 is 5.11 Å². The highest BCUT2D eigenvalue weighted by Crippen LogP contribution is 2.42. The topological polar surface area (TPSA) is 20.2 Å². The van der Waals surface area contributed by atoms with E-state index < -0.39 is 9.97 Å². The molecule has 0 rings (SSSR count). The van der Waals surface area contributed by atoms with Gasteiger partial charge in [0.05, 0.1) is 0 Å². The lowest BCUT2D eigenvalue weighted by molar-refractivity contribution is -0.124. The van der Waals surface area contributed by atoms with E-state index in [1.54, 1.807) is 13.8 Å². The van der Waals surface area contributed by atoms with Crippen LogP contribution in [0.2, 0.25) is 0 Å².